The van der Waals surface area contributed by atoms with Crippen LogP contribution in [0, 0.1) is 5.92 Å². The van der Waals surface area contributed by atoms with E-state index < -0.39 is 5.97 Å². The predicted molar refractivity (Wildman–Crippen MR) is 98.2 cm³/mol. The minimum Gasteiger partial charge on any atom is -0.480 e. The molecule has 1 aliphatic heterocycles. The second kappa shape index (κ2) is 8.52. The van der Waals surface area contributed by atoms with Gasteiger partial charge in [0.15, 0.2) is 0 Å². The number of aliphatic carboxylic acids is 1. The molecule has 1 saturated heterocycles. The van der Waals surface area contributed by atoms with Gasteiger partial charge in [0.25, 0.3) is 0 Å². The summed E-state index contributed by atoms with van der Waals surface area (Å²) in [5.74, 6) is -1.27. The Labute approximate surface area is 158 Å². The average Bonchev–Trinajstić information content (AvgIpc) is 2.66. The molecule has 1 aromatic rings. The van der Waals surface area contributed by atoms with Gasteiger partial charge in [-0.2, -0.15) is 0 Å². The number of amides is 2. The molecule has 0 aromatic heterocycles. The first-order valence-corrected chi connectivity index (χ1v) is 9.38. The molecule has 2 amide bonds. The summed E-state index contributed by atoms with van der Waals surface area (Å²) in [5.41, 5.74) is 2.57. The van der Waals surface area contributed by atoms with E-state index in [0.717, 1.165) is 19.3 Å². The van der Waals surface area contributed by atoms with Crippen molar-refractivity contribution in [3.05, 3.63) is 35.4 Å². The first-order chi connectivity index (χ1) is 12.9. The van der Waals surface area contributed by atoms with E-state index in [4.69, 9.17) is 9.84 Å². The third-order valence-corrected chi connectivity index (χ3v) is 5.34. The highest BCUT2D eigenvalue weighted by Crippen LogP contribution is 2.27. The summed E-state index contributed by atoms with van der Waals surface area (Å²) in [6.07, 6.45) is 2.16. The number of carbonyl (C=O) groups is 3. The van der Waals surface area contributed by atoms with Gasteiger partial charge in [0.2, 0.25) is 11.8 Å². The van der Waals surface area contributed by atoms with Crippen LogP contribution in [-0.2, 0) is 32.0 Å². The molecule has 1 fully saturated rings. The number of fused-ring (bicyclic) bond motifs is 1. The van der Waals surface area contributed by atoms with Crippen LogP contribution in [0.3, 0.4) is 0 Å². The van der Waals surface area contributed by atoms with Crippen LogP contribution in [0.1, 0.15) is 24.5 Å². The average molecular weight is 374 g/mol. The van der Waals surface area contributed by atoms with Crippen LogP contribution < -0.4 is 0 Å². The Hall–Kier alpha value is -2.41. The Bertz CT molecular complexity index is 720. The van der Waals surface area contributed by atoms with Crippen molar-refractivity contribution in [1.29, 1.82) is 0 Å². The van der Waals surface area contributed by atoms with Gasteiger partial charge in [-0.1, -0.05) is 24.3 Å². The summed E-state index contributed by atoms with van der Waals surface area (Å²) in [4.78, 5) is 38.7. The lowest BCUT2D eigenvalue weighted by atomic mass is 9.83. The highest BCUT2D eigenvalue weighted by molar-refractivity contribution is 5.80. The first kappa shape index (κ1) is 19.4. The second-order valence-electron chi connectivity index (χ2n) is 7.28. The number of carbonyl (C=O) groups excluding carboxylic acids is 2. The summed E-state index contributed by atoms with van der Waals surface area (Å²) >= 11 is 0. The third-order valence-electron chi connectivity index (χ3n) is 5.34. The van der Waals surface area contributed by atoms with E-state index in [1.807, 2.05) is 17.0 Å². The van der Waals surface area contributed by atoms with Crippen molar-refractivity contribution in [2.24, 2.45) is 5.92 Å². The molecule has 0 radical (unpaired) electrons. The van der Waals surface area contributed by atoms with Crippen LogP contribution >= 0.6 is 0 Å². The quantitative estimate of drug-likeness (QED) is 0.829. The van der Waals surface area contributed by atoms with Gasteiger partial charge < -0.3 is 19.6 Å². The van der Waals surface area contributed by atoms with E-state index in [-0.39, 0.29) is 36.9 Å². The van der Waals surface area contributed by atoms with Gasteiger partial charge >= 0.3 is 5.97 Å². The van der Waals surface area contributed by atoms with Crippen molar-refractivity contribution in [2.45, 2.75) is 32.3 Å². The molecule has 0 saturated carbocycles. The molecule has 27 heavy (non-hydrogen) atoms. The van der Waals surface area contributed by atoms with Crippen molar-refractivity contribution in [2.75, 3.05) is 32.8 Å². The zero-order chi connectivity index (χ0) is 19.4. The molecule has 2 unspecified atom stereocenters. The zero-order valence-electron chi connectivity index (χ0n) is 15.6. The van der Waals surface area contributed by atoms with E-state index in [2.05, 4.69) is 12.1 Å². The molecule has 7 nitrogen and oxygen atoms in total. The highest BCUT2D eigenvalue weighted by Gasteiger charge is 2.32. The Kier molecular flexibility index (Phi) is 6.11. The molecular formula is C20H26N2O5. The number of carboxylic acids is 1. The third kappa shape index (κ3) is 4.86. The van der Waals surface area contributed by atoms with Gasteiger partial charge in [-0.3, -0.25) is 14.4 Å². The van der Waals surface area contributed by atoms with Gasteiger partial charge in [-0.05, 0) is 30.4 Å². The topological polar surface area (TPSA) is 87.2 Å². The highest BCUT2D eigenvalue weighted by atomic mass is 16.5. The molecule has 146 valence electrons. The van der Waals surface area contributed by atoms with Gasteiger partial charge in [-0.15, -0.1) is 0 Å². The summed E-state index contributed by atoms with van der Waals surface area (Å²) < 4.78 is 5.68. The molecular weight excluding hydrogens is 348 g/mol. The number of carboxylic acid groups (broad SMARTS) is 1. The van der Waals surface area contributed by atoms with E-state index in [9.17, 15) is 14.4 Å². The maximum atomic E-state index is 13.0. The number of morpholine rings is 1. The molecule has 1 aromatic carbocycles. The predicted octanol–water partition coefficient (Wildman–Crippen LogP) is 0.952. The van der Waals surface area contributed by atoms with E-state index in [1.54, 1.807) is 0 Å². The van der Waals surface area contributed by atoms with Gasteiger partial charge in [0.05, 0.1) is 12.7 Å². The summed E-state index contributed by atoms with van der Waals surface area (Å²) in [7, 11) is 0. The normalized spacial score (nSPS) is 22.0. The fourth-order valence-corrected chi connectivity index (χ4v) is 3.91. The number of hydrogen-bond donors (Lipinski definition) is 1. The number of hydrogen-bond acceptors (Lipinski definition) is 4. The van der Waals surface area contributed by atoms with Crippen LogP contribution in [0.15, 0.2) is 24.3 Å². The van der Waals surface area contributed by atoms with E-state index in [0.29, 0.717) is 19.7 Å². The number of nitrogens with zero attached hydrogens (tertiary/aromatic N) is 2. The zero-order valence-corrected chi connectivity index (χ0v) is 15.6. The minimum atomic E-state index is -1.06. The SMILES string of the molecule is CC(=O)N(CC(=O)O)CC1CN(C(=O)C2CCc3ccccc3C2)CCO1. The number of ether oxygens (including phenoxy) is 1. The van der Waals surface area contributed by atoms with Crippen LogP contribution in [0.25, 0.3) is 0 Å². The molecule has 1 aliphatic carbocycles. The number of aryl methyl sites for hydroxylation is 1. The van der Waals surface area contributed by atoms with Crippen LogP contribution in [0.4, 0.5) is 0 Å². The number of benzene rings is 1. The van der Waals surface area contributed by atoms with Crippen molar-refractivity contribution >= 4 is 17.8 Å². The van der Waals surface area contributed by atoms with Crippen molar-refractivity contribution < 1.29 is 24.2 Å². The Balaban J connectivity index is 1.60. The largest absolute Gasteiger partial charge is 0.480 e. The fraction of sp³-hybridized carbons (Fsp3) is 0.550. The molecule has 0 bridgehead atoms. The summed E-state index contributed by atoms with van der Waals surface area (Å²) in [5, 5.41) is 8.95. The molecule has 0 spiro atoms. The standard InChI is InChI=1S/C20H26N2O5/c1-14(23)22(13-19(24)25)12-18-11-21(8-9-27-18)20(26)17-7-6-15-4-2-3-5-16(15)10-17/h2-5,17-18H,6-13H2,1H3,(H,24,25). The molecule has 3 rings (SSSR count). The Morgan fingerprint density at radius 3 is 2.70 bits per heavy atom. The van der Waals surface area contributed by atoms with Gasteiger partial charge in [0, 0.05) is 32.5 Å². The lowest BCUT2D eigenvalue weighted by Crippen LogP contribution is -2.52. The molecule has 1 heterocycles. The van der Waals surface area contributed by atoms with Crippen molar-refractivity contribution in [3.63, 3.8) is 0 Å². The Morgan fingerprint density at radius 2 is 2.00 bits per heavy atom. The summed E-state index contributed by atoms with van der Waals surface area (Å²) in [6.45, 7) is 2.49. The molecule has 7 heteroatoms. The Morgan fingerprint density at radius 1 is 1.26 bits per heavy atom. The molecule has 2 atom stereocenters. The maximum absolute atomic E-state index is 13.0. The summed E-state index contributed by atoms with van der Waals surface area (Å²) in [6, 6.07) is 8.26. The lowest BCUT2D eigenvalue weighted by molar-refractivity contribution is -0.149. The maximum Gasteiger partial charge on any atom is 0.323 e. The van der Waals surface area contributed by atoms with E-state index in [1.165, 1.54) is 23.0 Å². The van der Waals surface area contributed by atoms with Gasteiger partial charge in [-0.25, -0.2) is 0 Å². The second-order valence-corrected chi connectivity index (χ2v) is 7.28. The number of rotatable bonds is 5. The van der Waals surface area contributed by atoms with Crippen molar-refractivity contribution in [1.82, 2.24) is 9.80 Å². The molecule has 2 aliphatic rings. The van der Waals surface area contributed by atoms with Crippen LogP contribution in [0.5, 0.6) is 0 Å². The molecule has 1 N–H and O–H groups in total. The van der Waals surface area contributed by atoms with Crippen LogP contribution in [-0.4, -0.2) is 71.6 Å². The van der Waals surface area contributed by atoms with Crippen LogP contribution in [0.2, 0.25) is 0 Å². The van der Waals surface area contributed by atoms with Crippen molar-refractivity contribution in [3.8, 4) is 0 Å². The minimum absolute atomic E-state index is 0.0263. The monoisotopic (exact) mass is 374 g/mol. The first-order valence-electron chi connectivity index (χ1n) is 9.38. The van der Waals surface area contributed by atoms with E-state index >= 15 is 0 Å². The fourth-order valence-electron chi connectivity index (χ4n) is 3.91. The lowest BCUT2D eigenvalue weighted by Gasteiger charge is -2.37. The van der Waals surface area contributed by atoms with Gasteiger partial charge in [0.1, 0.15) is 6.54 Å². The smallest absolute Gasteiger partial charge is 0.323 e.